The SMILES string of the molecule is CC1(C)C(C=C(Cl)c2ccc(Cl)cc2)C1(C(=O)O)C(C#N)c1ccc(F)c(Oc2ccccc2)c1. The number of para-hydroxylation sites is 1. The van der Waals surface area contributed by atoms with Gasteiger partial charge in [0.1, 0.15) is 11.2 Å². The Morgan fingerprint density at radius 3 is 2.40 bits per heavy atom. The van der Waals surface area contributed by atoms with Gasteiger partial charge in [-0.1, -0.05) is 79.5 Å². The smallest absolute Gasteiger partial charge is 0.312 e. The second-order valence-electron chi connectivity index (χ2n) is 9.06. The number of allylic oxidation sites excluding steroid dienone is 1. The number of halogens is 3. The van der Waals surface area contributed by atoms with Crippen LogP contribution in [0.25, 0.3) is 5.03 Å². The van der Waals surface area contributed by atoms with Gasteiger partial charge in [0.15, 0.2) is 11.6 Å². The summed E-state index contributed by atoms with van der Waals surface area (Å²) >= 11 is 12.5. The molecule has 1 fully saturated rings. The van der Waals surface area contributed by atoms with Crippen molar-refractivity contribution in [3.63, 3.8) is 0 Å². The molecule has 0 spiro atoms. The Morgan fingerprint density at radius 2 is 1.80 bits per heavy atom. The second kappa shape index (κ2) is 9.37. The lowest BCUT2D eigenvalue weighted by Crippen LogP contribution is -2.28. The molecule has 4 nitrogen and oxygen atoms in total. The molecular weight excluding hydrogens is 488 g/mol. The fraction of sp³-hybridized carbons (Fsp3) is 0.214. The Balaban J connectivity index is 1.74. The summed E-state index contributed by atoms with van der Waals surface area (Å²) in [7, 11) is 0. The van der Waals surface area contributed by atoms with Gasteiger partial charge < -0.3 is 9.84 Å². The van der Waals surface area contributed by atoms with E-state index in [-0.39, 0.29) is 5.75 Å². The first-order valence-electron chi connectivity index (χ1n) is 10.9. The second-order valence-corrected chi connectivity index (χ2v) is 9.91. The van der Waals surface area contributed by atoms with E-state index in [0.29, 0.717) is 26.9 Å². The van der Waals surface area contributed by atoms with Crippen molar-refractivity contribution < 1.29 is 19.0 Å². The highest BCUT2D eigenvalue weighted by atomic mass is 35.5. The number of aliphatic carboxylic acids is 1. The number of benzene rings is 3. The zero-order chi connectivity index (χ0) is 25.4. The van der Waals surface area contributed by atoms with Crippen LogP contribution in [0.2, 0.25) is 5.02 Å². The summed E-state index contributed by atoms with van der Waals surface area (Å²) in [5, 5.41) is 21.5. The Hall–Kier alpha value is -3.33. The van der Waals surface area contributed by atoms with Gasteiger partial charge in [-0.25, -0.2) is 4.39 Å². The number of carboxylic acid groups (broad SMARTS) is 1. The van der Waals surface area contributed by atoms with Crippen molar-refractivity contribution in [1.82, 2.24) is 0 Å². The molecule has 35 heavy (non-hydrogen) atoms. The molecule has 3 aromatic rings. The first kappa shape index (κ1) is 24.8. The van der Waals surface area contributed by atoms with Crippen molar-refractivity contribution >= 4 is 34.2 Å². The highest BCUT2D eigenvalue weighted by Gasteiger charge is 2.78. The number of hydrogen-bond acceptors (Lipinski definition) is 3. The van der Waals surface area contributed by atoms with Crippen LogP contribution in [-0.2, 0) is 4.79 Å². The summed E-state index contributed by atoms with van der Waals surface area (Å²) in [4.78, 5) is 12.7. The molecule has 1 aliphatic rings. The maximum atomic E-state index is 14.5. The van der Waals surface area contributed by atoms with E-state index >= 15 is 0 Å². The molecule has 1 N–H and O–H groups in total. The minimum absolute atomic E-state index is 0.0840. The van der Waals surface area contributed by atoms with E-state index in [1.54, 1.807) is 74.5 Å². The maximum absolute atomic E-state index is 14.5. The number of hydrogen-bond donors (Lipinski definition) is 1. The van der Waals surface area contributed by atoms with Crippen LogP contribution < -0.4 is 4.74 Å². The summed E-state index contributed by atoms with van der Waals surface area (Å²) in [6.45, 7) is 3.59. The largest absolute Gasteiger partial charge is 0.481 e. The quantitative estimate of drug-likeness (QED) is 0.351. The van der Waals surface area contributed by atoms with Gasteiger partial charge in [-0.15, -0.1) is 0 Å². The van der Waals surface area contributed by atoms with E-state index in [9.17, 15) is 19.6 Å². The van der Waals surface area contributed by atoms with Crippen LogP contribution >= 0.6 is 23.2 Å². The first-order valence-corrected chi connectivity index (χ1v) is 11.7. The number of carbonyl (C=O) groups is 1. The molecule has 0 heterocycles. The normalized spacial score (nSPS) is 21.6. The van der Waals surface area contributed by atoms with Crippen molar-refractivity contribution in [2.75, 3.05) is 0 Å². The van der Waals surface area contributed by atoms with Gasteiger partial charge in [0.25, 0.3) is 0 Å². The predicted molar refractivity (Wildman–Crippen MR) is 134 cm³/mol. The van der Waals surface area contributed by atoms with Crippen molar-refractivity contribution in [2.45, 2.75) is 19.8 Å². The minimum Gasteiger partial charge on any atom is -0.481 e. The van der Waals surface area contributed by atoms with Gasteiger partial charge in [-0.2, -0.15) is 5.26 Å². The molecule has 4 rings (SSSR count). The molecule has 1 aliphatic carbocycles. The number of ether oxygens (including phenoxy) is 1. The Bertz CT molecular complexity index is 1330. The highest BCUT2D eigenvalue weighted by molar-refractivity contribution is 6.48. The van der Waals surface area contributed by atoms with E-state index in [1.807, 2.05) is 0 Å². The molecule has 178 valence electrons. The number of carboxylic acids is 1. The average molecular weight is 510 g/mol. The van der Waals surface area contributed by atoms with Crippen molar-refractivity contribution in [3.05, 3.63) is 101 Å². The lowest BCUT2D eigenvalue weighted by Gasteiger charge is -2.22. The topological polar surface area (TPSA) is 70.3 Å². The monoisotopic (exact) mass is 509 g/mol. The lowest BCUT2D eigenvalue weighted by atomic mass is 9.78. The standard InChI is InChI=1S/C28H22Cl2FNO3/c1-27(2)25(15-22(30)17-8-11-19(29)12-9-17)28(27,26(33)34)21(16-32)18-10-13-23(31)24(14-18)35-20-6-4-3-5-7-20/h3-15,21,25H,1-2H3,(H,33,34). The van der Waals surface area contributed by atoms with Crippen LogP contribution in [0.1, 0.15) is 30.9 Å². The van der Waals surface area contributed by atoms with Gasteiger partial charge in [0.05, 0.1) is 12.0 Å². The van der Waals surface area contributed by atoms with Crippen LogP contribution in [0.4, 0.5) is 4.39 Å². The summed E-state index contributed by atoms with van der Waals surface area (Å²) < 4.78 is 20.2. The van der Waals surface area contributed by atoms with Crippen molar-refractivity contribution in [1.29, 1.82) is 5.26 Å². The van der Waals surface area contributed by atoms with Gasteiger partial charge in [0.2, 0.25) is 0 Å². The van der Waals surface area contributed by atoms with Crippen LogP contribution in [0, 0.1) is 33.9 Å². The van der Waals surface area contributed by atoms with Crippen LogP contribution in [-0.4, -0.2) is 11.1 Å². The molecule has 1 saturated carbocycles. The zero-order valence-electron chi connectivity index (χ0n) is 19.0. The third-order valence-electron chi connectivity index (χ3n) is 6.88. The minimum atomic E-state index is -1.48. The maximum Gasteiger partial charge on any atom is 0.312 e. The third kappa shape index (κ3) is 4.29. The Kier molecular flexibility index (Phi) is 6.64. The van der Waals surface area contributed by atoms with Crippen LogP contribution in [0.15, 0.2) is 78.9 Å². The summed E-state index contributed by atoms with van der Waals surface area (Å²) in [5.74, 6) is -3.03. The van der Waals surface area contributed by atoms with E-state index in [2.05, 4.69) is 6.07 Å². The van der Waals surface area contributed by atoms with Crippen molar-refractivity contribution in [2.24, 2.45) is 16.7 Å². The molecule has 0 saturated heterocycles. The van der Waals surface area contributed by atoms with Gasteiger partial charge in [-0.05, 0) is 52.9 Å². The lowest BCUT2D eigenvalue weighted by molar-refractivity contribution is -0.145. The molecule has 3 aromatic carbocycles. The predicted octanol–water partition coefficient (Wildman–Crippen LogP) is 7.89. The molecular formula is C28H22Cl2FNO3. The average Bonchev–Trinajstić information content (AvgIpc) is 3.32. The third-order valence-corrected chi connectivity index (χ3v) is 7.48. The van der Waals surface area contributed by atoms with Gasteiger partial charge in [-0.3, -0.25) is 4.79 Å². The van der Waals surface area contributed by atoms with Gasteiger partial charge >= 0.3 is 5.97 Å². The molecule has 3 atom stereocenters. The summed E-state index contributed by atoms with van der Waals surface area (Å²) in [6, 6.07) is 21.7. The fourth-order valence-corrected chi connectivity index (χ4v) is 5.32. The molecule has 0 amide bonds. The molecule has 3 unspecified atom stereocenters. The highest BCUT2D eigenvalue weighted by Crippen LogP contribution is 2.75. The number of rotatable bonds is 7. The number of nitriles is 1. The van der Waals surface area contributed by atoms with Crippen LogP contribution in [0.5, 0.6) is 11.5 Å². The molecule has 0 aromatic heterocycles. The van der Waals surface area contributed by atoms with Gasteiger partial charge in [0, 0.05) is 16.0 Å². The van der Waals surface area contributed by atoms with E-state index in [4.69, 9.17) is 27.9 Å². The zero-order valence-corrected chi connectivity index (χ0v) is 20.5. The molecule has 0 bridgehead atoms. The van der Waals surface area contributed by atoms with E-state index in [1.165, 1.54) is 18.2 Å². The fourth-order valence-electron chi connectivity index (χ4n) is 4.95. The number of nitrogens with zero attached hydrogens (tertiary/aromatic N) is 1. The molecule has 0 aliphatic heterocycles. The van der Waals surface area contributed by atoms with Crippen LogP contribution in [0.3, 0.4) is 0 Å². The van der Waals surface area contributed by atoms with Crippen molar-refractivity contribution in [3.8, 4) is 17.6 Å². The van der Waals surface area contributed by atoms with E-state index in [0.717, 1.165) is 0 Å². The first-order chi connectivity index (χ1) is 16.6. The molecule has 7 heteroatoms. The Labute approximate surface area is 213 Å². The summed E-state index contributed by atoms with van der Waals surface area (Å²) in [5.41, 5.74) is -1.24. The molecule has 0 radical (unpaired) electrons. The summed E-state index contributed by atoms with van der Waals surface area (Å²) in [6.07, 6.45) is 1.69. The Morgan fingerprint density at radius 1 is 1.14 bits per heavy atom. The van der Waals surface area contributed by atoms with E-state index < -0.39 is 34.5 Å².